The molecule has 0 atom stereocenters. The lowest BCUT2D eigenvalue weighted by Gasteiger charge is -2.36. The van der Waals surface area contributed by atoms with Crippen LogP contribution in [0.15, 0.2) is 66.5 Å². The highest BCUT2D eigenvalue weighted by atomic mass is 16.2. The minimum absolute atomic E-state index is 0.175. The number of allylic oxidation sites excluding steroid dienone is 4. The van der Waals surface area contributed by atoms with Crippen molar-refractivity contribution in [2.45, 2.75) is 20.8 Å². The molecule has 3 rings (SSSR count). The summed E-state index contributed by atoms with van der Waals surface area (Å²) in [6, 6.07) is 9.15. The predicted molar refractivity (Wildman–Crippen MR) is 141 cm³/mol. The quantitative estimate of drug-likeness (QED) is 0.308. The molecule has 0 unspecified atom stereocenters. The van der Waals surface area contributed by atoms with Gasteiger partial charge in [0.05, 0.1) is 17.4 Å². The molecular weight excluding hydrogens is 456 g/mol. The molecule has 0 bridgehead atoms. The molecule has 2 aromatic rings. The van der Waals surface area contributed by atoms with E-state index in [0.717, 1.165) is 11.4 Å². The second-order valence-electron chi connectivity index (χ2n) is 8.28. The van der Waals surface area contributed by atoms with Crippen molar-refractivity contribution >= 4 is 35.1 Å². The van der Waals surface area contributed by atoms with E-state index in [1.807, 2.05) is 31.2 Å². The summed E-state index contributed by atoms with van der Waals surface area (Å²) < 4.78 is 0. The molecule has 1 fully saturated rings. The van der Waals surface area contributed by atoms with Crippen molar-refractivity contribution < 1.29 is 9.59 Å². The molecule has 10 nitrogen and oxygen atoms in total. The van der Waals surface area contributed by atoms with Crippen molar-refractivity contribution in [3.8, 4) is 6.07 Å². The predicted octanol–water partition coefficient (Wildman–Crippen LogP) is 3.86. The van der Waals surface area contributed by atoms with Crippen molar-refractivity contribution in [1.29, 1.82) is 5.26 Å². The van der Waals surface area contributed by atoms with Gasteiger partial charge in [-0.25, -0.2) is 9.78 Å². The van der Waals surface area contributed by atoms with Crippen molar-refractivity contribution in [2.75, 3.05) is 41.7 Å². The molecule has 1 aliphatic rings. The van der Waals surface area contributed by atoms with Crippen LogP contribution >= 0.6 is 0 Å². The van der Waals surface area contributed by atoms with Gasteiger partial charge in [0, 0.05) is 49.2 Å². The van der Waals surface area contributed by atoms with Crippen molar-refractivity contribution in [3.63, 3.8) is 0 Å². The molecule has 3 N–H and O–H groups in total. The summed E-state index contributed by atoms with van der Waals surface area (Å²) >= 11 is 0. The second-order valence-corrected chi connectivity index (χ2v) is 8.28. The Morgan fingerprint density at radius 3 is 2.47 bits per heavy atom. The first-order valence-electron chi connectivity index (χ1n) is 11.5. The van der Waals surface area contributed by atoms with Gasteiger partial charge in [-0.05, 0) is 51.1 Å². The van der Waals surface area contributed by atoms with Gasteiger partial charge in [0.15, 0.2) is 0 Å². The van der Waals surface area contributed by atoms with Crippen molar-refractivity contribution in [3.05, 3.63) is 72.1 Å². The number of aromatic nitrogens is 2. The number of amides is 3. The van der Waals surface area contributed by atoms with E-state index < -0.39 is 0 Å². The van der Waals surface area contributed by atoms with Gasteiger partial charge in [0.25, 0.3) is 0 Å². The number of hydrogen-bond donors (Lipinski definition) is 3. The highest BCUT2D eigenvalue weighted by molar-refractivity contribution is 6.01. The largest absolute Gasteiger partial charge is 0.353 e. The zero-order chi connectivity index (χ0) is 26.1. The van der Waals surface area contributed by atoms with E-state index in [1.165, 1.54) is 6.08 Å². The molecule has 3 amide bonds. The normalized spacial score (nSPS) is 14.1. The minimum atomic E-state index is -0.309. The van der Waals surface area contributed by atoms with Crippen LogP contribution in [0.3, 0.4) is 0 Å². The molecule has 2 heterocycles. The van der Waals surface area contributed by atoms with E-state index >= 15 is 0 Å². The number of piperazine rings is 1. The van der Waals surface area contributed by atoms with E-state index in [1.54, 1.807) is 43.2 Å². The monoisotopic (exact) mass is 486 g/mol. The number of rotatable bonds is 7. The fraction of sp³-hybridized carbons (Fsp3) is 0.269. The topological polar surface area (TPSA) is 126 Å². The minimum Gasteiger partial charge on any atom is -0.353 e. The average molecular weight is 487 g/mol. The summed E-state index contributed by atoms with van der Waals surface area (Å²) in [5.74, 6) is 0.877. The van der Waals surface area contributed by atoms with Gasteiger partial charge in [0.1, 0.15) is 5.82 Å². The van der Waals surface area contributed by atoms with Crippen molar-refractivity contribution in [1.82, 2.24) is 20.2 Å². The number of nitrogens with one attached hydrogen (secondary N) is 3. The maximum absolute atomic E-state index is 12.6. The van der Waals surface area contributed by atoms with Crippen LogP contribution in [0.5, 0.6) is 0 Å². The molecule has 1 aromatic heterocycles. The standard InChI is InChI=1S/C26H30N8O2/c1-5-23(35)30-21-8-6-7-9-22(21)31-25-28-17-19(3)24(32-25)33-12-14-34(15-13-33)26(36)29-20(4)11-10-18(2)16-27/h5-11,17H,1,12-15H2,2-4H3,(H,29,36)(H,30,35)(H,28,31,32)/b18-10+,20-11+. The van der Waals surface area contributed by atoms with Crippen molar-refractivity contribution in [2.24, 2.45) is 0 Å². The number of aryl methyl sites for hydroxylation is 1. The number of benzene rings is 1. The Labute approximate surface area is 211 Å². The zero-order valence-corrected chi connectivity index (χ0v) is 20.7. The maximum atomic E-state index is 12.6. The first kappa shape index (κ1) is 26.0. The lowest BCUT2D eigenvalue weighted by atomic mass is 10.2. The number of urea groups is 1. The van der Waals surface area contributed by atoms with Gasteiger partial charge >= 0.3 is 6.03 Å². The molecule has 1 aromatic carbocycles. The summed E-state index contributed by atoms with van der Waals surface area (Å²) in [7, 11) is 0. The lowest BCUT2D eigenvalue weighted by molar-refractivity contribution is -0.111. The zero-order valence-electron chi connectivity index (χ0n) is 20.7. The van der Waals surface area contributed by atoms with Crippen LogP contribution in [0.2, 0.25) is 0 Å². The second kappa shape index (κ2) is 12.2. The summed E-state index contributed by atoms with van der Waals surface area (Å²) in [6.45, 7) is 11.2. The molecule has 0 radical (unpaired) electrons. The molecule has 1 aliphatic heterocycles. The highest BCUT2D eigenvalue weighted by Crippen LogP contribution is 2.26. The van der Waals surface area contributed by atoms with E-state index in [2.05, 4.69) is 32.4 Å². The molecule has 0 spiro atoms. The third kappa shape index (κ3) is 6.93. The summed E-state index contributed by atoms with van der Waals surface area (Å²) in [6.07, 6.45) is 6.34. The number of anilines is 4. The molecule has 186 valence electrons. The van der Waals surface area contributed by atoms with Gasteiger partial charge < -0.3 is 25.8 Å². The SMILES string of the molecule is C=CC(=O)Nc1ccccc1Nc1ncc(C)c(N2CCN(C(=O)N/C(C)=C/C=C(\C)C#N)CC2)n1. The molecular formula is C26H30N8O2. The maximum Gasteiger partial charge on any atom is 0.321 e. The van der Waals surface area contributed by atoms with Crippen LogP contribution in [-0.4, -0.2) is 53.0 Å². The van der Waals surface area contributed by atoms with Crippen LogP contribution in [0, 0.1) is 18.3 Å². The smallest absolute Gasteiger partial charge is 0.321 e. The molecule has 1 saturated heterocycles. The van der Waals surface area contributed by atoms with Crippen LogP contribution in [-0.2, 0) is 4.79 Å². The number of nitriles is 1. The average Bonchev–Trinajstić information content (AvgIpc) is 2.89. The number of nitrogens with zero attached hydrogens (tertiary/aromatic N) is 5. The molecule has 10 heteroatoms. The van der Waals surface area contributed by atoms with Crippen LogP contribution in [0.1, 0.15) is 19.4 Å². The Kier molecular flexibility index (Phi) is 8.78. The fourth-order valence-electron chi connectivity index (χ4n) is 3.52. The fourth-order valence-corrected chi connectivity index (χ4v) is 3.52. The van der Waals surface area contributed by atoms with Crippen LogP contribution in [0.25, 0.3) is 0 Å². The third-order valence-corrected chi connectivity index (χ3v) is 5.49. The Hall–Kier alpha value is -4.65. The van der Waals surface area contributed by atoms with Crippen LogP contribution < -0.4 is 20.9 Å². The Morgan fingerprint density at radius 2 is 1.81 bits per heavy atom. The Balaban J connectivity index is 1.65. The molecule has 0 aliphatic carbocycles. The van der Waals surface area contributed by atoms with E-state index in [0.29, 0.717) is 54.8 Å². The number of carbonyl (C=O) groups excluding carboxylic acids is 2. The highest BCUT2D eigenvalue weighted by Gasteiger charge is 2.23. The van der Waals surface area contributed by atoms with Gasteiger partial charge in [-0.1, -0.05) is 18.7 Å². The van der Waals surface area contributed by atoms with Crippen LogP contribution in [0.4, 0.5) is 27.9 Å². The Morgan fingerprint density at radius 1 is 1.11 bits per heavy atom. The third-order valence-electron chi connectivity index (χ3n) is 5.49. The Bertz CT molecular complexity index is 1240. The van der Waals surface area contributed by atoms with E-state index in [4.69, 9.17) is 10.2 Å². The number of hydrogen-bond acceptors (Lipinski definition) is 7. The summed E-state index contributed by atoms with van der Waals surface area (Å²) in [4.78, 5) is 37.4. The van der Waals surface area contributed by atoms with E-state index in [-0.39, 0.29) is 11.9 Å². The molecule has 0 saturated carbocycles. The van der Waals surface area contributed by atoms with Gasteiger partial charge in [-0.15, -0.1) is 0 Å². The number of para-hydroxylation sites is 2. The van der Waals surface area contributed by atoms with Gasteiger partial charge in [0.2, 0.25) is 11.9 Å². The van der Waals surface area contributed by atoms with Gasteiger partial charge in [-0.3, -0.25) is 4.79 Å². The molecule has 36 heavy (non-hydrogen) atoms. The first-order valence-corrected chi connectivity index (χ1v) is 11.5. The summed E-state index contributed by atoms with van der Waals surface area (Å²) in [5.41, 5.74) is 3.41. The van der Waals surface area contributed by atoms with E-state index in [9.17, 15) is 9.59 Å². The lowest BCUT2D eigenvalue weighted by Crippen LogP contribution is -2.51. The van der Waals surface area contributed by atoms with Gasteiger partial charge in [-0.2, -0.15) is 10.2 Å². The number of carbonyl (C=O) groups is 2. The first-order chi connectivity index (χ1) is 17.3. The summed E-state index contributed by atoms with van der Waals surface area (Å²) in [5, 5.41) is 17.6.